The van der Waals surface area contributed by atoms with Gasteiger partial charge in [-0.25, -0.2) is 4.68 Å². The van der Waals surface area contributed by atoms with Crippen LogP contribution in [0.15, 0.2) is 41.2 Å². The Morgan fingerprint density at radius 1 is 1.24 bits per heavy atom. The highest BCUT2D eigenvalue weighted by Gasteiger charge is 2.05. The van der Waals surface area contributed by atoms with E-state index in [1.165, 1.54) is 0 Å². The molecule has 1 N–H and O–H groups in total. The van der Waals surface area contributed by atoms with Crippen molar-refractivity contribution in [1.29, 1.82) is 0 Å². The molecule has 0 bridgehead atoms. The summed E-state index contributed by atoms with van der Waals surface area (Å²) in [7, 11) is 0. The van der Waals surface area contributed by atoms with Crippen molar-refractivity contribution in [2.75, 3.05) is 0 Å². The summed E-state index contributed by atoms with van der Waals surface area (Å²) in [6, 6.07) is 11.7. The monoisotopic (exact) mass is 230 g/mol. The van der Waals surface area contributed by atoms with Crippen LogP contribution in [0.25, 0.3) is 0 Å². The van der Waals surface area contributed by atoms with Crippen LogP contribution >= 0.6 is 0 Å². The number of benzene rings is 1. The van der Waals surface area contributed by atoms with E-state index >= 15 is 0 Å². The summed E-state index contributed by atoms with van der Waals surface area (Å²) in [6.07, 6.45) is 0.914. The minimum absolute atomic E-state index is 0.0458. The van der Waals surface area contributed by atoms with Crippen molar-refractivity contribution >= 4 is 0 Å². The predicted molar refractivity (Wildman–Crippen MR) is 69.1 cm³/mol. The van der Waals surface area contributed by atoms with E-state index in [4.69, 9.17) is 0 Å². The quantitative estimate of drug-likeness (QED) is 0.860. The molecule has 0 amide bonds. The molecule has 0 radical (unpaired) electrons. The van der Waals surface area contributed by atoms with Crippen molar-refractivity contribution in [2.45, 2.75) is 26.8 Å². The van der Waals surface area contributed by atoms with Gasteiger partial charge in [-0.3, -0.25) is 9.89 Å². The average Bonchev–Trinajstić information content (AvgIpc) is 2.59. The Morgan fingerprint density at radius 3 is 2.59 bits per heavy atom. The summed E-state index contributed by atoms with van der Waals surface area (Å²) in [5.41, 5.74) is 2.19. The molecule has 3 nitrogen and oxygen atoms in total. The molecule has 0 aliphatic carbocycles. The number of H-pyrrole nitrogens is 1. The van der Waals surface area contributed by atoms with E-state index in [0.717, 1.165) is 17.7 Å². The molecule has 0 aliphatic heterocycles. The van der Waals surface area contributed by atoms with E-state index < -0.39 is 0 Å². The molecule has 0 saturated heterocycles. The Kier molecular flexibility index (Phi) is 3.47. The summed E-state index contributed by atoms with van der Waals surface area (Å²) < 4.78 is 1.66. The fourth-order valence-corrected chi connectivity index (χ4v) is 1.92. The van der Waals surface area contributed by atoms with Gasteiger partial charge >= 0.3 is 0 Å². The van der Waals surface area contributed by atoms with Crippen molar-refractivity contribution in [2.24, 2.45) is 5.92 Å². The lowest BCUT2D eigenvalue weighted by molar-refractivity contribution is 0.602. The third-order valence-corrected chi connectivity index (χ3v) is 2.65. The first kappa shape index (κ1) is 11.7. The Morgan fingerprint density at radius 2 is 1.94 bits per heavy atom. The fourth-order valence-electron chi connectivity index (χ4n) is 1.92. The minimum Gasteiger partial charge on any atom is -0.299 e. The first-order chi connectivity index (χ1) is 8.15. The topological polar surface area (TPSA) is 37.8 Å². The van der Waals surface area contributed by atoms with Gasteiger partial charge in [0.05, 0.1) is 6.54 Å². The average molecular weight is 230 g/mol. The SMILES string of the molecule is CC(C)Cc1cc(=O)n(Cc2ccccc2)[nH]1. The van der Waals surface area contributed by atoms with E-state index in [9.17, 15) is 4.79 Å². The lowest BCUT2D eigenvalue weighted by atomic mass is 10.1. The molecule has 17 heavy (non-hydrogen) atoms. The molecule has 1 aromatic carbocycles. The highest BCUT2D eigenvalue weighted by molar-refractivity contribution is 5.15. The Balaban J connectivity index is 2.17. The van der Waals surface area contributed by atoms with Gasteiger partial charge in [-0.05, 0) is 17.9 Å². The van der Waals surface area contributed by atoms with E-state index in [1.807, 2.05) is 30.3 Å². The van der Waals surface area contributed by atoms with Crippen molar-refractivity contribution in [1.82, 2.24) is 9.78 Å². The van der Waals surface area contributed by atoms with Gasteiger partial charge < -0.3 is 0 Å². The van der Waals surface area contributed by atoms with Crippen molar-refractivity contribution in [3.8, 4) is 0 Å². The highest BCUT2D eigenvalue weighted by Crippen LogP contribution is 2.04. The van der Waals surface area contributed by atoms with E-state index in [-0.39, 0.29) is 5.56 Å². The van der Waals surface area contributed by atoms with E-state index in [0.29, 0.717) is 12.5 Å². The number of hydrogen-bond acceptors (Lipinski definition) is 1. The molecule has 2 rings (SSSR count). The second kappa shape index (κ2) is 5.04. The molecule has 1 heterocycles. The van der Waals surface area contributed by atoms with Gasteiger partial charge in [0.1, 0.15) is 0 Å². The first-order valence-corrected chi connectivity index (χ1v) is 5.98. The van der Waals surface area contributed by atoms with Crippen LogP contribution in [0.2, 0.25) is 0 Å². The van der Waals surface area contributed by atoms with Gasteiger partial charge in [0.15, 0.2) is 0 Å². The Labute approximate surface area is 101 Å². The molecule has 0 atom stereocenters. The number of aromatic amines is 1. The number of aromatic nitrogens is 2. The maximum atomic E-state index is 11.8. The molecule has 0 spiro atoms. The van der Waals surface area contributed by atoms with Gasteiger partial charge in [-0.15, -0.1) is 0 Å². The lowest BCUT2D eigenvalue weighted by Crippen LogP contribution is -2.16. The van der Waals surface area contributed by atoms with E-state index in [2.05, 4.69) is 18.9 Å². The van der Waals surface area contributed by atoms with Crippen LogP contribution in [-0.4, -0.2) is 9.78 Å². The standard InChI is InChI=1S/C14H18N2O/c1-11(2)8-13-9-14(17)16(15-13)10-12-6-4-3-5-7-12/h3-7,9,11,15H,8,10H2,1-2H3. The highest BCUT2D eigenvalue weighted by atomic mass is 16.1. The molecular formula is C14H18N2O. The second-order valence-electron chi connectivity index (χ2n) is 4.79. The minimum atomic E-state index is 0.0458. The predicted octanol–water partition coefficient (Wildman–Crippen LogP) is 2.42. The van der Waals surface area contributed by atoms with Crippen molar-refractivity contribution in [3.63, 3.8) is 0 Å². The molecule has 2 aromatic rings. The number of nitrogens with one attached hydrogen (secondary N) is 1. The van der Waals surface area contributed by atoms with Gasteiger partial charge in [0.2, 0.25) is 0 Å². The van der Waals surface area contributed by atoms with Crippen molar-refractivity contribution in [3.05, 3.63) is 58.0 Å². The smallest absolute Gasteiger partial charge is 0.267 e. The normalized spacial score (nSPS) is 11.0. The maximum Gasteiger partial charge on any atom is 0.267 e. The van der Waals surface area contributed by atoms with Crippen LogP contribution < -0.4 is 5.56 Å². The largest absolute Gasteiger partial charge is 0.299 e. The summed E-state index contributed by atoms with van der Waals surface area (Å²) in [6.45, 7) is 4.90. The molecule has 1 aromatic heterocycles. The molecule has 0 saturated carbocycles. The van der Waals surface area contributed by atoms with Gasteiger partial charge in [0, 0.05) is 11.8 Å². The van der Waals surface area contributed by atoms with E-state index in [1.54, 1.807) is 10.7 Å². The first-order valence-electron chi connectivity index (χ1n) is 5.98. The molecule has 90 valence electrons. The van der Waals surface area contributed by atoms with Crippen molar-refractivity contribution < 1.29 is 0 Å². The summed E-state index contributed by atoms with van der Waals surface area (Å²) >= 11 is 0. The number of hydrogen-bond donors (Lipinski definition) is 1. The third-order valence-electron chi connectivity index (χ3n) is 2.65. The zero-order valence-electron chi connectivity index (χ0n) is 10.3. The van der Waals surface area contributed by atoms with Gasteiger partial charge in [-0.2, -0.15) is 0 Å². The van der Waals surface area contributed by atoms with Crippen LogP contribution in [0.3, 0.4) is 0 Å². The molecule has 0 aliphatic rings. The summed E-state index contributed by atoms with van der Waals surface area (Å²) in [5.74, 6) is 0.554. The number of nitrogens with zero attached hydrogens (tertiary/aromatic N) is 1. The lowest BCUT2D eigenvalue weighted by Gasteiger charge is -2.03. The molecule has 0 unspecified atom stereocenters. The number of rotatable bonds is 4. The summed E-state index contributed by atoms with van der Waals surface area (Å²) in [5, 5.41) is 3.17. The van der Waals surface area contributed by atoms with Crippen LogP contribution in [0.5, 0.6) is 0 Å². The Hall–Kier alpha value is -1.77. The molecule has 0 fully saturated rings. The van der Waals surface area contributed by atoms with Crippen LogP contribution in [0.4, 0.5) is 0 Å². The van der Waals surface area contributed by atoms with Gasteiger partial charge in [0.25, 0.3) is 5.56 Å². The fraction of sp³-hybridized carbons (Fsp3) is 0.357. The maximum absolute atomic E-state index is 11.8. The van der Waals surface area contributed by atoms with Crippen LogP contribution in [0, 0.1) is 5.92 Å². The third kappa shape index (κ3) is 3.09. The van der Waals surface area contributed by atoms with Crippen LogP contribution in [0.1, 0.15) is 25.1 Å². The zero-order chi connectivity index (χ0) is 12.3. The molecule has 3 heteroatoms. The Bertz CT molecular complexity index is 523. The van der Waals surface area contributed by atoms with Gasteiger partial charge in [-0.1, -0.05) is 44.2 Å². The second-order valence-corrected chi connectivity index (χ2v) is 4.79. The zero-order valence-corrected chi connectivity index (χ0v) is 10.3. The van der Waals surface area contributed by atoms with Crippen LogP contribution in [-0.2, 0) is 13.0 Å². The summed E-state index contributed by atoms with van der Waals surface area (Å²) in [4.78, 5) is 11.8. The molecular weight excluding hydrogens is 212 g/mol.